The third-order valence-corrected chi connectivity index (χ3v) is 3.41. The SMILES string of the molecule is CCC(C)(O)CNC(=O)CCOc1c(C)cccc1C. The quantitative estimate of drug-likeness (QED) is 0.805. The lowest BCUT2D eigenvalue weighted by atomic mass is 10.0. The molecule has 0 saturated heterocycles. The molecule has 0 spiro atoms. The Morgan fingerprint density at radius 3 is 2.50 bits per heavy atom. The molecule has 0 aliphatic rings. The predicted molar refractivity (Wildman–Crippen MR) is 80.0 cm³/mol. The maximum atomic E-state index is 11.7. The van der Waals surface area contributed by atoms with Crippen LogP contribution in [0.2, 0.25) is 0 Å². The van der Waals surface area contributed by atoms with Gasteiger partial charge in [-0.2, -0.15) is 0 Å². The first-order valence-corrected chi connectivity index (χ1v) is 7.04. The van der Waals surface area contributed by atoms with Gasteiger partial charge in [-0.15, -0.1) is 0 Å². The van der Waals surface area contributed by atoms with E-state index in [1.165, 1.54) is 0 Å². The first-order valence-electron chi connectivity index (χ1n) is 7.04. The molecule has 0 fully saturated rings. The van der Waals surface area contributed by atoms with Crippen LogP contribution in [0.15, 0.2) is 18.2 Å². The molecule has 0 aliphatic heterocycles. The lowest BCUT2D eigenvalue weighted by Crippen LogP contribution is -2.40. The van der Waals surface area contributed by atoms with E-state index in [4.69, 9.17) is 4.74 Å². The average molecular weight is 279 g/mol. The van der Waals surface area contributed by atoms with E-state index in [0.717, 1.165) is 16.9 Å². The molecule has 1 amide bonds. The van der Waals surface area contributed by atoms with E-state index in [-0.39, 0.29) is 18.9 Å². The van der Waals surface area contributed by atoms with Crippen LogP contribution < -0.4 is 10.1 Å². The average Bonchev–Trinajstić information content (AvgIpc) is 2.40. The van der Waals surface area contributed by atoms with Crippen LogP contribution in [0.25, 0.3) is 0 Å². The molecule has 0 radical (unpaired) electrons. The van der Waals surface area contributed by atoms with Crippen molar-refractivity contribution in [1.29, 1.82) is 0 Å². The number of amides is 1. The number of aliphatic hydroxyl groups is 1. The molecule has 1 atom stereocenters. The maximum Gasteiger partial charge on any atom is 0.223 e. The van der Waals surface area contributed by atoms with Crippen LogP contribution in [0, 0.1) is 13.8 Å². The Hall–Kier alpha value is -1.55. The zero-order chi connectivity index (χ0) is 15.2. The van der Waals surface area contributed by atoms with Crippen molar-refractivity contribution in [2.24, 2.45) is 0 Å². The highest BCUT2D eigenvalue weighted by Crippen LogP contribution is 2.22. The molecule has 1 rings (SSSR count). The molecule has 0 heterocycles. The van der Waals surface area contributed by atoms with Crippen LogP contribution in [0.3, 0.4) is 0 Å². The normalized spacial score (nSPS) is 13.7. The van der Waals surface area contributed by atoms with Gasteiger partial charge in [0.1, 0.15) is 5.75 Å². The van der Waals surface area contributed by atoms with E-state index < -0.39 is 5.60 Å². The van der Waals surface area contributed by atoms with Crippen molar-refractivity contribution < 1.29 is 14.6 Å². The summed E-state index contributed by atoms with van der Waals surface area (Å²) in [5, 5.41) is 12.5. The number of carbonyl (C=O) groups excluding carboxylic acids is 1. The smallest absolute Gasteiger partial charge is 0.223 e. The minimum Gasteiger partial charge on any atom is -0.493 e. The number of para-hydroxylation sites is 1. The fraction of sp³-hybridized carbons (Fsp3) is 0.562. The van der Waals surface area contributed by atoms with Crippen molar-refractivity contribution in [2.75, 3.05) is 13.2 Å². The second kappa shape index (κ2) is 7.29. The number of hydrogen-bond acceptors (Lipinski definition) is 3. The molecule has 0 aromatic heterocycles. The van der Waals surface area contributed by atoms with Gasteiger partial charge in [-0.3, -0.25) is 4.79 Å². The van der Waals surface area contributed by atoms with Gasteiger partial charge >= 0.3 is 0 Å². The van der Waals surface area contributed by atoms with Crippen molar-refractivity contribution in [1.82, 2.24) is 5.32 Å². The predicted octanol–water partition coefficient (Wildman–Crippen LogP) is 2.35. The number of hydrogen-bond donors (Lipinski definition) is 2. The topological polar surface area (TPSA) is 58.6 Å². The molecule has 1 aromatic carbocycles. The fourth-order valence-corrected chi connectivity index (χ4v) is 1.78. The van der Waals surface area contributed by atoms with E-state index in [2.05, 4.69) is 5.32 Å². The molecular weight excluding hydrogens is 254 g/mol. The van der Waals surface area contributed by atoms with Gasteiger partial charge in [0.2, 0.25) is 5.91 Å². The third kappa shape index (κ3) is 5.21. The highest BCUT2D eigenvalue weighted by atomic mass is 16.5. The van der Waals surface area contributed by atoms with Crippen molar-refractivity contribution in [3.05, 3.63) is 29.3 Å². The summed E-state index contributed by atoms with van der Waals surface area (Å²) in [6.07, 6.45) is 0.889. The first kappa shape index (κ1) is 16.5. The van der Waals surface area contributed by atoms with Crippen LogP contribution in [0.5, 0.6) is 5.75 Å². The second-order valence-corrected chi connectivity index (χ2v) is 5.45. The zero-order valence-electron chi connectivity index (χ0n) is 12.8. The summed E-state index contributed by atoms with van der Waals surface area (Å²) in [6, 6.07) is 5.96. The number of carbonyl (C=O) groups is 1. The van der Waals surface area contributed by atoms with Crippen molar-refractivity contribution in [3.8, 4) is 5.75 Å². The van der Waals surface area contributed by atoms with Crippen LogP contribution in [0.4, 0.5) is 0 Å². The van der Waals surface area contributed by atoms with E-state index in [9.17, 15) is 9.90 Å². The van der Waals surface area contributed by atoms with E-state index in [1.54, 1.807) is 6.92 Å². The summed E-state index contributed by atoms with van der Waals surface area (Å²) in [5.41, 5.74) is 1.29. The lowest BCUT2D eigenvalue weighted by molar-refractivity contribution is -0.122. The molecule has 0 bridgehead atoms. The molecule has 20 heavy (non-hydrogen) atoms. The summed E-state index contributed by atoms with van der Waals surface area (Å²) in [4.78, 5) is 11.7. The maximum absolute atomic E-state index is 11.7. The van der Waals surface area contributed by atoms with Crippen molar-refractivity contribution >= 4 is 5.91 Å². The van der Waals surface area contributed by atoms with Gasteiger partial charge in [-0.25, -0.2) is 0 Å². The molecule has 4 nitrogen and oxygen atoms in total. The Balaban J connectivity index is 2.36. The Bertz CT molecular complexity index is 435. The summed E-state index contributed by atoms with van der Waals surface area (Å²) < 4.78 is 5.67. The molecular formula is C16H25NO3. The summed E-state index contributed by atoms with van der Waals surface area (Å²) in [5.74, 6) is 0.741. The van der Waals surface area contributed by atoms with Gasteiger partial charge in [0.05, 0.1) is 18.6 Å². The Labute approximate surface area is 121 Å². The number of nitrogens with one attached hydrogen (secondary N) is 1. The Kier molecular flexibility index (Phi) is 6.02. The van der Waals surface area contributed by atoms with Gasteiger partial charge in [0.25, 0.3) is 0 Å². The van der Waals surface area contributed by atoms with E-state index in [1.807, 2.05) is 39.0 Å². The highest BCUT2D eigenvalue weighted by Gasteiger charge is 2.18. The van der Waals surface area contributed by atoms with Crippen LogP contribution in [0.1, 0.15) is 37.8 Å². The minimum absolute atomic E-state index is 0.107. The fourth-order valence-electron chi connectivity index (χ4n) is 1.78. The zero-order valence-corrected chi connectivity index (χ0v) is 12.8. The molecule has 2 N–H and O–H groups in total. The Morgan fingerprint density at radius 1 is 1.35 bits per heavy atom. The van der Waals surface area contributed by atoms with Gasteiger partial charge in [-0.05, 0) is 38.3 Å². The van der Waals surface area contributed by atoms with Crippen molar-refractivity contribution in [2.45, 2.75) is 46.1 Å². The van der Waals surface area contributed by atoms with Crippen LogP contribution in [-0.4, -0.2) is 29.8 Å². The molecule has 1 aromatic rings. The van der Waals surface area contributed by atoms with Crippen LogP contribution in [-0.2, 0) is 4.79 Å². The number of aryl methyl sites for hydroxylation is 2. The highest BCUT2D eigenvalue weighted by molar-refractivity contribution is 5.76. The van der Waals surface area contributed by atoms with Crippen molar-refractivity contribution in [3.63, 3.8) is 0 Å². The first-order chi connectivity index (χ1) is 9.35. The summed E-state index contributed by atoms with van der Waals surface area (Å²) >= 11 is 0. The Morgan fingerprint density at radius 2 is 1.95 bits per heavy atom. The largest absolute Gasteiger partial charge is 0.493 e. The number of benzene rings is 1. The standard InChI is InChI=1S/C16H25NO3/c1-5-16(4,19)11-17-14(18)9-10-20-15-12(2)7-6-8-13(15)3/h6-8,19H,5,9-11H2,1-4H3,(H,17,18). The van der Waals surface area contributed by atoms with Gasteiger partial charge < -0.3 is 15.2 Å². The molecule has 1 unspecified atom stereocenters. The summed E-state index contributed by atoms with van der Waals surface area (Å²) in [6.45, 7) is 8.18. The molecule has 0 saturated carbocycles. The number of ether oxygens (including phenoxy) is 1. The molecule has 4 heteroatoms. The molecule has 0 aliphatic carbocycles. The molecule has 112 valence electrons. The van der Waals surface area contributed by atoms with Crippen LogP contribution >= 0.6 is 0 Å². The minimum atomic E-state index is -0.844. The third-order valence-electron chi connectivity index (χ3n) is 3.41. The number of rotatable bonds is 7. The monoisotopic (exact) mass is 279 g/mol. The summed E-state index contributed by atoms with van der Waals surface area (Å²) in [7, 11) is 0. The van der Waals surface area contributed by atoms with Gasteiger partial charge in [0, 0.05) is 6.54 Å². The van der Waals surface area contributed by atoms with E-state index >= 15 is 0 Å². The van der Waals surface area contributed by atoms with Gasteiger partial charge in [0.15, 0.2) is 0 Å². The van der Waals surface area contributed by atoms with Gasteiger partial charge in [-0.1, -0.05) is 25.1 Å². The second-order valence-electron chi connectivity index (χ2n) is 5.45. The van der Waals surface area contributed by atoms with E-state index in [0.29, 0.717) is 13.0 Å². The lowest BCUT2D eigenvalue weighted by Gasteiger charge is -2.21.